The fraction of sp³-hybridized carbons (Fsp3) is 0.769. The molecule has 0 saturated heterocycles. The lowest BCUT2D eigenvalue weighted by atomic mass is 10.2. The van der Waals surface area contributed by atoms with Crippen molar-refractivity contribution < 1.29 is 17.6 Å². The van der Waals surface area contributed by atoms with Crippen molar-refractivity contribution in [1.82, 2.24) is 10.3 Å². The second kappa shape index (κ2) is 7.19. The Hall–Kier alpha value is -0.920. The Labute approximate surface area is 120 Å². The monoisotopic (exact) mass is 304 g/mol. The Morgan fingerprint density at radius 3 is 2.70 bits per heavy atom. The molecule has 116 valence electrons. The summed E-state index contributed by atoms with van der Waals surface area (Å²) in [5.74, 6) is 0.965. The van der Waals surface area contributed by atoms with E-state index in [4.69, 9.17) is 9.15 Å². The highest BCUT2D eigenvalue weighted by atomic mass is 32.2. The van der Waals surface area contributed by atoms with Gasteiger partial charge in [-0.3, -0.25) is 0 Å². The van der Waals surface area contributed by atoms with Crippen LogP contribution in [0.25, 0.3) is 0 Å². The van der Waals surface area contributed by atoms with Crippen LogP contribution >= 0.6 is 0 Å². The van der Waals surface area contributed by atoms with Crippen LogP contribution in [0.3, 0.4) is 0 Å². The van der Waals surface area contributed by atoms with Crippen molar-refractivity contribution in [2.45, 2.75) is 31.4 Å². The highest BCUT2D eigenvalue weighted by Crippen LogP contribution is 2.29. The maximum Gasteiger partial charge on any atom is 0.194 e. The first-order chi connectivity index (χ1) is 9.29. The third-order valence-corrected chi connectivity index (χ3v) is 5.36. The number of hydrogen-bond donors (Lipinski definition) is 1. The lowest BCUT2D eigenvalue weighted by Crippen LogP contribution is -2.27. The molecule has 1 rings (SSSR count). The zero-order valence-corrected chi connectivity index (χ0v) is 13.4. The Balaban J connectivity index is 2.48. The van der Waals surface area contributed by atoms with E-state index in [2.05, 4.69) is 10.3 Å². The van der Waals surface area contributed by atoms with Crippen molar-refractivity contribution in [3.05, 3.63) is 17.8 Å². The summed E-state index contributed by atoms with van der Waals surface area (Å²) in [6, 6.07) is 0. The van der Waals surface area contributed by atoms with Gasteiger partial charge < -0.3 is 14.5 Å². The molecule has 0 spiro atoms. The molecule has 7 heteroatoms. The van der Waals surface area contributed by atoms with Gasteiger partial charge in [0.25, 0.3) is 0 Å². The van der Waals surface area contributed by atoms with Crippen LogP contribution in [0.15, 0.2) is 10.6 Å². The summed E-state index contributed by atoms with van der Waals surface area (Å²) in [5.41, 5.74) is 0. The minimum atomic E-state index is -3.24. The summed E-state index contributed by atoms with van der Waals surface area (Å²) in [4.78, 5) is 4.15. The van der Waals surface area contributed by atoms with E-state index in [-0.39, 0.29) is 0 Å². The molecule has 0 aliphatic heterocycles. The van der Waals surface area contributed by atoms with Gasteiger partial charge in [0.15, 0.2) is 15.7 Å². The predicted octanol–water partition coefficient (Wildman–Crippen LogP) is 1.12. The van der Waals surface area contributed by atoms with Gasteiger partial charge in [0, 0.05) is 26.3 Å². The highest BCUT2D eigenvalue weighted by Gasteiger charge is 2.36. The number of rotatable bonds is 9. The largest absolute Gasteiger partial charge is 0.444 e. The number of ether oxygens (including phenoxy) is 1. The predicted molar refractivity (Wildman–Crippen MR) is 77.4 cm³/mol. The molecule has 0 amide bonds. The Morgan fingerprint density at radius 1 is 1.40 bits per heavy atom. The zero-order chi connectivity index (χ0) is 15.2. The number of hydrogen-bond acceptors (Lipinski definition) is 6. The van der Waals surface area contributed by atoms with Gasteiger partial charge in [-0.15, -0.1) is 0 Å². The van der Waals surface area contributed by atoms with Gasteiger partial charge in [0.2, 0.25) is 0 Å². The van der Waals surface area contributed by atoms with Gasteiger partial charge in [-0.05, 0) is 26.8 Å². The summed E-state index contributed by atoms with van der Waals surface area (Å²) in [6.45, 7) is 5.59. The second-order valence-corrected chi connectivity index (χ2v) is 7.81. The molecule has 1 aromatic heterocycles. The van der Waals surface area contributed by atoms with Crippen LogP contribution in [0.1, 0.15) is 31.9 Å². The first-order valence-corrected chi connectivity index (χ1v) is 8.52. The van der Waals surface area contributed by atoms with Crippen LogP contribution in [0, 0.1) is 0 Å². The first-order valence-electron chi connectivity index (χ1n) is 6.63. The molecule has 0 bridgehead atoms. The van der Waals surface area contributed by atoms with Gasteiger partial charge in [-0.1, -0.05) is 0 Å². The van der Waals surface area contributed by atoms with E-state index in [1.165, 1.54) is 12.5 Å². The topological polar surface area (TPSA) is 81.4 Å². The molecule has 0 atom stereocenters. The van der Waals surface area contributed by atoms with Crippen LogP contribution in [-0.2, 0) is 25.7 Å². The quantitative estimate of drug-likeness (QED) is 0.689. The van der Waals surface area contributed by atoms with E-state index in [0.29, 0.717) is 24.7 Å². The average molecular weight is 304 g/mol. The third kappa shape index (κ3) is 4.57. The summed E-state index contributed by atoms with van der Waals surface area (Å²) in [6.07, 6.45) is 4.27. The average Bonchev–Trinajstić information content (AvgIpc) is 2.81. The molecule has 0 fully saturated rings. The number of sulfone groups is 1. The maximum atomic E-state index is 11.7. The van der Waals surface area contributed by atoms with Gasteiger partial charge in [-0.2, -0.15) is 0 Å². The maximum absolute atomic E-state index is 11.7. The van der Waals surface area contributed by atoms with Crippen LogP contribution in [0.2, 0.25) is 0 Å². The summed E-state index contributed by atoms with van der Waals surface area (Å²) < 4.78 is 32.9. The van der Waals surface area contributed by atoms with Gasteiger partial charge >= 0.3 is 0 Å². The molecule has 6 nitrogen and oxygen atoms in total. The molecule has 0 aromatic carbocycles. The van der Waals surface area contributed by atoms with Crippen molar-refractivity contribution in [3.63, 3.8) is 0 Å². The van der Waals surface area contributed by atoms with E-state index in [9.17, 15) is 8.42 Å². The fourth-order valence-electron chi connectivity index (χ4n) is 1.55. The summed E-state index contributed by atoms with van der Waals surface area (Å²) in [5, 5.41) is 3.23. The number of nitrogens with zero attached hydrogens (tertiary/aromatic N) is 1. The summed E-state index contributed by atoms with van der Waals surface area (Å²) >= 11 is 0. The molecule has 0 unspecified atom stereocenters. The lowest BCUT2D eigenvalue weighted by molar-refractivity contribution is 0.199. The van der Waals surface area contributed by atoms with Crippen molar-refractivity contribution in [2.24, 2.45) is 0 Å². The minimum Gasteiger partial charge on any atom is -0.444 e. The molecule has 1 heterocycles. The minimum absolute atomic E-state index is 0.391. The van der Waals surface area contributed by atoms with E-state index in [1.54, 1.807) is 21.0 Å². The van der Waals surface area contributed by atoms with Crippen molar-refractivity contribution >= 4 is 9.84 Å². The van der Waals surface area contributed by atoms with Crippen LogP contribution in [0.4, 0.5) is 0 Å². The zero-order valence-electron chi connectivity index (χ0n) is 12.6. The number of aryl methyl sites for hydroxylation is 1. The third-order valence-electron chi connectivity index (χ3n) is 3.30. The van der Waals surface area contributed by atoms with Crippen LogP contribution in [0.5, 0.6) is 0 Å². The molecule has 0 radical (unpaired) electrons. The Morgan fingerprint density at radius 2 is 2.10 bits per heavy atom. The molecule has 20 heavy (non-hydrogen) atoms. The van der Waals surface area contributed by atoms with E-state index in [1.807, 2.05) is 0 Å². The van der Waals surface area contributed by atoms with Crippen LogP contribution < -0.4 is 5.32 Å². The standard InChI is InChI=1S/C13H24N2O4S/c1-13(2,20(4,16)17)11-10-15-12(19-11)6-5-7-14-8-9-18-3/h10,14H,5-9H2,1-4H3. The van der Waals surface area contributed by atoms with Gasteiger partial charge in [0.05, 0.1) is 12.8 Å². The number of oxazole rings is 1. The smallest absolute Gasteiger partial charge is 0.194 e. The summed E-state index contributed by atoms with van der Waals surface area (Å²) in [7, 11) is -1.57. The van der Waals surface area contributed by atoms with Crippen molar-refractivity contribution in [2.75, 3.05) is 33.1 Å². The Kier molecular flexibility index (Phi) is 6.16. The lowest BCUT2D eigenvalue weighted by Gasteiger charge is -2.18. The Bertz CT molecular complexity index is 508. The molecule has 1 aromatic rings. The SMILES string of the molecule is COCCNCCCc1ncc(C(C)(C)S(C)(=O)=O)o1. The van der Waals surface area contributed by atoms with Gasteiger partial charge in [0.1, 0.15) is 10.5 Å². The normalized spacial score (nSPS) is 12.8. The molecule has 0 aliphatic carbocycles. The number of methoxy groups -OCH3 is 1. The second-order valence-electron chi connectivity index (χ2n) is 5.25. The molecular weight excluding hydrogens is 280 g/mol. The van der Waals surface area contributed by atoms with E-state index in [0.717, 1.165) is 19.5 Å². The molecule has 1 N–H and O–H groups in total. The molecular formula is C13H24N2O4S. The van der Waals surface area contributed by atoms with Crippen LogP contribution in [-0.4, -0.2) is 46.5 Å². The van der Waals surface area contributed by atoms with E-state index < -0.39 is 14.6 Å². The number of aromatic nitrogens is 1. The van der Waals surface area contributed by atoms with E-state index >= 15 is 0 Å². The van der Waals surface area contributed by atoms with Crippen molar-refractivity contribution in [1.29, 1.82) is 0 Å². The van der Waals surface area contributed by atoms with Crippen molar-refractivity contribution in [3.8, 4) is 0 Å². The first kappa shape index (κ1) is 17.1. The number of nitrogens with one attached hydrogen (secondary N) is 1. The fourth-order valence-corrected chi connectivity index (χ4v) is 2.01. The van der Waals surface area contributed by atoms with Gasteiger partial charge in [-0.25, -0.2) is 13.4 Å². The molecule has 0 aliphatic rings. The molecule has 0 saturated carbocycles. The highest BCUT2D eigenvalue weighted by molar-refractivity contribution is 7.91.